The van der Waals surface area contributed by atoms with Crippen molar-refractivity contribution in [1.29, 1.82) is 0 Å². The number of aryl methyl sites for hydroxylation is 1. The molecule has 2 aromatic rings. The van der Waals surface area contributed by atoms with E-state index in [2.05, 4.69) is 61.5 Å². The van der Waals surface area contributed by atoms with Gasteiger partial charge in [-0.1, -0.05) is 60.2 Å². The number of amides is 1. The zero-order valence-electron chi connectivity index (χ0n) is 13.8. The van der Waals surface area contributed by atoms with Crippen LogP contribution in [0.1, 0.15) is 16.7 Å². The molecule has 1 fully saturated rings. The molecule has 23 heavy (non-hydrogen) atoms. The number of nitrogens with one attached hydrogen (secondary N) is 1. The maximum absolute atomic E-state index is 12.4. The van der Waals surface area contributed by atoms with Crippen molar-refractivity contribution >= 4 is 5.91 Å². The summed E-state index contributed by atoms with van der Waals surface area (Å²) in [5, 5.41) is 0. The van der Waals surface area contributed by atoms with E-state index in [1.807, 2.05) is 4.90 Å². The summed E-state index contributed by atoms with van der Waals surface area (Å²) in [5.41, 5.74) is 3.72. The van der Waals surface area contributed by atoms with E-state index in [0.717, 1.165) is 38.3 Å². The van der Waals surface area contributed by atoms with E-state index < -0.39 is 0 Å². The minimum absolute atomic E-state index is 0.257. The first kappa shape index (κ1) is 15.8. The second-order valence-corrected chi connectivity index (χ2v) is 6.46. The highest BCUT2D eigenvalue weighted by molar-refractivity contribution is 5.78. The quantitative estimate of drug-likeness (QED) is 0.909. The molecule has 1 saturated heterocycles. The molecule has 3 nitrogen and oxygen atoms in total. The standard InChI is InChI=1S/C20H24N2O/c1-17-7-9-18(10-8-17)15-20(23)22-13-11-21(12-14-22)16-19-5-3-2-4-6-19/h2-10H,11-16H2,1H3/p+1. The molecule has 0 bridgehead atoms. The zero-order valence-corrected chi connectivity index (χ0v) is 13.8. The lowest BCUT2D eigenvalue weighted by molar-refractivity contribution is -0.917. The van der Waals surface area contributed by atoms with E-state index in [9.17, 15) is 4.79 Å². The first-order chi connectivity index (χ1) is 11.2. The fourth-order valence-electron chi connectivity index (χ4n) is 3.13. The second-order valence-electron chi connectivity index (χ2n) is 6.46. The van der Waals surface area contributed by atoms with E-state index in [-0.39, 0.29) is 5.91 Å². The first-order valence-electron chi connectivity index (χ1n) is 8.41. The fraction of sp³-hybridized carbons (Fsp3) is 0.350. The van der Waals surface area contributed by atoms with Gasteiger partial charge in [-0.3, -0.25) is 4.79 Å². The van der Waals surface area contributed by atoms with Crippen molar-refractivity contribution in [3.8, 4) is 0 Å². The highest BCUT2D eigenvalue weighted by Gasteiger charge is 2.23. The van der Waals surface area contributed by atoms with Crippen molar-refractivity contribution in [2.75, 3.05) is 26.2 Å². The van der Waals surface area contributed by atoms with Crippen molar-refractivity contribution < 1.29 is 9.69 Å². The Labute approximate surface area is 138 Å². The maximum atomic E-state index is 12.4. The smallest absolute Gasteiger partial charge is 0.227 e. The number of carbonyl (C=O) groups is 1. The average Bonchev–Trinajstić information content (AvgIpc) is 2.58. The van der Waals surface area contributed by atoms with Crippen molar-refractivity contribution in [1.82, 2.24) is 4.90 Å². The van der Waals surface area contributed by atoms with E-state index >= 15 is 0 Å². The third-order valence-electron chi connectivity index (χ3n) is 4.60. The summed E-state index contributed by atoms with van der Waals surface area (Å²) in [5.74, 6) is 0.257. The lowest BCUT2D eigenvalue weighted by Crippen LogP contribution is -3.13. The molecule has 1 N–H and O–H groups in total. The summed E-state index contributed by atoms with van der Waals surface area (Å²) >= 11 is 0. The molecule has 0 aliphatic carbocycles. The van der Waals surface area contributed by atoms with Gasteiger partial charge in [0.05, 0.1) is 32.6 Å². The van der Waals surface area contributed by atoms with Gasteiger partial charge in [-0.15, -0.1) is 0 Å². The normalized spacial score (nSPS) is 15.6. The Balaban J connectivity index is 1.48. The topological polar surface area (TPSA) is 24.8 Å². The van der Waals surface area contributed by atoms with Crippen LogP contribution in [0, 0.1) is 6.92 Å². The Morgan fingerprint density at radius 2 is 1.61 bits per heavy atom. The van der Waals surface area contributed by atoms with Crippen molar-refractivity contribution in [2.45, 2.75) is 19.9 Å². The van der Waals surface area contributed by atoms with Crippen LogP contribution in [0.25, 0.3) is 0 Å². The van der Waals surface area contributed by atoms with E-state index in [1.165, 1.54) is 11.1 Å². The predicted octanol–water partition coefficient (Wildman–Crippen LogP) is 1.46. The number of rotatable bonds is 4. The maximum Gasteiger partial charge on any atom is 0.227 e. The fourth-order valence-corrected chi connectivity index (χ4v) is 3.13. The van der Waals surface area contributed by atoms with Crippen LogP contribution in [-0.4, -0.2) is 37.0 Å². The number of quaternary nitrogens is 1. The van der Waals surface area contributed by atoms with Crippen LogP contribution in [-0.2, 0) is 17.8 Å². The van der Waals surface area contributed by atoms with Crippen molar-refractivity contribution in [3.05, 3.63) is 71.3 Å². The summed E-state index contributed by atoms with van der Waals surface area (Å²) < 4.78 is 0. The van der Waals surface area contributed by atoms with Crippen LogP contribution < -0.4 is 4.90 Å². The summed E-state index contributed by atoms with van der Waals surface area (Å²) in [7, 11) is 0. The average molecular weight is 309 g/mol. The molecule has 3 rings (SSSR count). The van der Waals surface area contributed by atoms with E-state index in [0.29, 0.717) is 6.42 Å². The van der Waals surface area contributed by atoms with Crippen LogP contribution in [0.15, 0.2) is 54.6 Å². The summed E-state index contributed by atoms with van der Waals surface area (Å²) in [6.45, 7) is 6.93. The number of piperazine rings is 1. The van der Waals surface area contributed by atoms with Crippen LogP contribution in [0.4, 0.5) is 0 Å². The van der Waals surface area contributed by atoms with Gasteiger partial charge in [-0.05, 0) is 12.5 Å². The molecule has 0 spiro atoms. The zero-order chi connectivity index (χ0) is 16.1. The molecule has 1 amide bonds. The molecule has 0 atom stereocenters. The molecule has 1 aliphatic rings. The van der Waals surface area contributed by atoms with E-state index in [4.69, 9.17) is 0 Å². The van der Waals surface area contributed by atoms with Gasteiger partial charge in [0.25, 0.3) is 0 Å². The van der Waals surface area contributed by atoms with Gasteiger partial charge in [0.15, 0.2) is 0 Å². The van der Waals surface area contributed by atoms with Gasteiger partial charge >= 0.3 is 0 Å². The predicted molar refractivity (Wildman–Crippen MR) is 92.3 cm³/mol. The van der Waals surface area contributed by atoms with Gasteiger partial charge in [0, 0.05) is 5.56 Å². The molecule has 3 heteroatoms. The first-order valence-corrected chi connectivity index (χ1v) is 8.41. The number of benzene rings is 2. The summed E-state index contributed by atoms with van der Waals surface area (Å²) in [6, 6.07) is 18.9. The number of carbonyl (C=O) groups excluding carboxylic acids is 1. The molecule has 2 aromatic carbocycles. The minimum Gasteiger partial charge on any atom is -0.331 e. The number of nitrogens with zero attached hydrogens (tertiary/aromatic N) is 1. The molecule has 1 heterocycles. The number of hydrogen-bond acceptors (Lipinski definition) is 1. The Morgan fingerprint density at radius 1 is 0.957 bits per heavy atom. The molecule has 0 unspecified atom stereocenters. The highest BCUT2D eigenvalue weighted by Crippen LogP contribution is 2.06. The Kier molecular flexibility index (Phi) is 5.09. The van der Waals surface area contributed by atoms with Gasteiger partial charge in [0.2, 0.25) is 5.91 Å². The third-order valence-corrected chi connectivity index (χ3v) is 4.60. The molecule has 0 saturated carbocycles. The lowest BCUT2D eigenvalue weighted by atomic mass is 10.1. The molecular weight excluding hydrogens is 284 g/mol. The molecule has 0 aromatic heterocycles. The summed E-state index contributed by atoms with van der Waals surface area (Å²) in [4.78, 5) is 16.0. The minimum atomic E-state index is 0.257. The SMILES string of the molecule is Cc1ccc(CC(=O)N2CC[NH+](Cc3ccccc3)CC2)cc1. The van der Waals surface area contributed by atoms with Gasteiger partial charge in [-0.25, -0.2) is 0 Å². The Morgan fingerprint density at radius 3 is 2.26 bits per heavy atom. The molecular formula is C20H25N2O+. The Bertz CT molecular complexity index is 628. The largest absolute Gasteiger partial charge is 0.331 e. The lowest BCUT2D eigenvalue weighted by Gasteiger charge is -2.32. The monoisotopic (exact) mass is 309 g/mol. The van der Waals surface area contributed by atoms with Crippen molar-refractivity contribution in [3.63, 3.8) is 0 Å². The van der Waals surface area contributed by atoms with Crippen LogP contribution in [0.3, 0.4) is 0 Å². The van der Waals surface area contributed by atoms with Crippen molar-refractivity contribution in [2.24, 2.45) is 0 Å². The van der Waals surface area contributed by atoms with Crippen LogP contribution >= 0.6 is 0 Å². The molecule has 0 radical (unpaired) electrons. The molecule has 1 aliphatic heterocycles. The second kappa shape index (κ2) is 7.42. The van der Waals surface area contributed by atoms with Gasteiger partial charge in [0.1, 0.15) is 6.54 Å². The van der Waals surface area contributed by atoms with Gasteiger partial charge < -0.3 is 9.80 Å². The third kappa shape index (κ3) is 4.42. The molecule has 120 valence electrons. The van der Waals surface area contributed by atoms with Gasteiger partial charge in [-0.2, -0.15) is 0 Å². The van der Waals surface area contributed by atoms with Crippen LogP contribution in [0.5, 0.6) is 0 Å². The number of hydrogen-bond donors (Lipinski definition) is 1. The van der Waals surface area contributed by atoms with Crippen LogP contribution in [0.2, 0.25) is 0 Å². The van der Waals surface area contributed by atoms with E-state index in [1.54, 1.807) is 4.90 Å². The highest BCUT2D eigenvalue weighted by atomic mass is 16.2. The summed E-state index contributed by atoms with van der Waals surface area (Å²) in [6.07, 6.45) is 0.522. The Hall–Kier alpha value is -2.13.